The van der Waals surface area contributed by atoms with E-state index in [2.05, 4.69) is 48.2 Å². The second-order valence-electron chi connectivity index (χ2n) is 8.36. The van der Waals surface area contributed by atoms with Gasteiger partial charge in [-0.1, -0.05) is 53.4 Å². The van der Waals surface area contributed by atoms with Gasteiger partial charge in [0.15, 0.2) is 11.1 Å². The maximum atomic E-state index is 11.2. The number of aliphatic carboxylic acids is 2. The molecule has 0 spiro atoms. The summed E-state index contributed by atoms with van der Waals surface area (Å²) in [7, 11) is 0. The number of carbonyl (C=O) groups is 2. The molecule has 0 saturated carbocycles. The van der Waals surface area contributed by atoms with Crippen molar-refractivity contribution in [3.05, 3.63) is 0 Å². The second-order valence-corrected chi connectivity index (χ2v) is 8.36. The topological polar surface area (TPSA) is 124 Å². The minimum atomic E-state index is -1.35. The van der Waals surface area contributed by atoms with Crippen molar-refractivity contribution in [3.63, 3.8) is 0 Å². The molecule has 0 aromatic rings. The van der Waals surface area contributed by atoms with E-state index in [1.807, 2.05) is 13.8 Å². The van der Waals surface area contributed by atoms with Crippen LogP contribution in [-0.4, -0.2) is 45.3 Å². The first-order valence-corrected chi connectivity index (χ1v) is 11.2. The van der Waals surface area contributed by atoms with Crippen LogP contribution >= 0.6 is 0 Å². The lowest BCUT2D eigenvalue weighted by Gasteiger charge is -2.22. The molecule has 0 saturated heterocycles. The van der Waals surface area contributed by atoms with E-state index in [0.717, 1.165) is 12.8 Å². The molecule has 8 heteroatoms. The molecular weight excluding hydrogens is 384 g/mol. The van der Waals surface area contributed by atoms with Gasteiger partial charge in [-0.05, 0) is 53.4 Å². The molecule has 0 aliphatic carbocycles. The predicted molar refractivity (Wildman–Crippen MR) is 120 cm³/mol. The lowest BCUT2D eigenvalue weighted by atomic mass is 9.96. The van der Waals surface area contributed by atoms with Crippen molar-refractivity contribution in [3.8, 4) is 0 Å². The van der Waals surface area contributed by atoms with Crippen molar-refractivity contribution >= 4 is 11.9 Å². The Balaban J connectivity index is 0. The number of carboxylic acid groups (broad SMARTS) is 2. The Morgan fingerprint density at radius 2 is 1.00 bits per heavy atom. The first kappa shape index (κ1) is 30.3. The van der Waals surface area contributed by atoms with Crippen molar-refractivity contribution in [2.45, 2.75) is 130 Å². The number of hydrogen-bond donors (Lipinski definition) is 2. The van der Waals surface area contributed by atoms with Crippen LogP contribution in [0.1, 0.15) is 107 Å². The fraction of sp³-hybridized carbons (Fsp3) is 0.909. The molecule has 0 aromatic carbocycles. The highest BCUT2D eigenvalue weighted by molar-refractivity contribution is 5.79. The molecule has 0 rings (SSSR count). The second kappa shape index (κ2) is 15.9. The summed E-state index contributed by atoms with van der Waals surface area (Å²) in [6.45, 7) is 15.2. The summed E-state index contributed by atoms with van der Waals surface area (Å²) in [6.07, 6.45) is 6.63. The van der Waals surface area contributed by atoms with Crippen LogP contribution in [0.2, 0.25) is 0 Å². The predicted octanol–water partition coefficient (Wildman–Crippen LogP) is 6.54. The van der Waals surface area contributed by atoms with Crippen molar-refractivity contribution < 1.29 is 19.8 Å². The van der Waals surface area contributed by atoms with Gasteiger partial charge in [0, 0.05) is 0 Å². The molecule has 0 aliphatic heterocycles. The third kappa shape index (κ3) is 12.6. The Bertz CT molecular complexity index is 507. The van der Waals surface area contributed by atoms with E-state index in [9.17, 15) is 9.59 Å². The third-order valence-corrected chi connectivity index (χ3v) is 4.76. The largest absolute Gasteiger partial charge is 0.479 e. The highest BCUT2D eigenvalue weighted by Gasteiger charge is 2.37. The maximum absolute atomic E-state index is 11.2. The van der Waals surface area contributed by atoms with Gasteiger partial charge in [0.1, 0.15) is 0 Å². The van der Waals surface area contributed by atoms with E-state index in [1.54, 1.807) is 0 Å². The Morgan fingerprint density at radius 3 is 1.20 bits per heavy atom. The molecule has 0 fully saturated rings. The van der Waals surface area contributed by atoms with E-state index in [-0.39, 0.29) is 0 Å². The molecule has 0 aliphatic rings. The van der Waals surface area contributed by atoms with Gasteiger partial charge in [0.2, 0.25) is 0 Å². The first-order valence-electron chi connectivity index (χ1n) is 11.2. The molecule has 0 amide bonds. The minimum Gasteiger partial charge on any atom is -0.479 e. The van der Waals surface area contributed by atoms with Gasteiger partial charge < -0.3 is 10.2 Å². The van der Waals surface area contributed by atoms with Crippen molar-refractivity contribution in [1.29, 1.82) is 0 Å². The summed E-state index contributed by atoms with van der Waals surface area (Å²) in [4.78, 5) is 22.3. The summed E-state index contributed by atoms with van der Waals surface area (Å²) in [6, 6.07) is 0.823. The number of hydrogen-bond acceptors (Lipinski definition) is 6. The zero-order chi connectivity index (χ0) is 23.8. The Kier molecular flexibility index (Phi) is 16.1. The summed E-state index contributed by atoms with van der Waals surface area (Å²) < 4.78 is 0. The molecule has 4 atom stereocenters. The standard InChI is InChI=1S/C12H22N2O4.C10H22N2/c1-5-7-11(3,9(15)16)13-14-12(4,8-6-2)10(17)18;1-5-7-9(3)11-12-10(4)8-6-2/h5-8H2,1-4H3,(H,15,16)(H,17,18);9-10H,5-8H2,1-4H3. The zero-order valence-corrected chi connectivity index (χ0v) is 20.3. The fourth-order valence-electron chi connectivity index (χ4n) is 2.77. The van der Waals surface area contributed by atoms with E-state index in [4.69, 9.17) is 10.2 Å². The van der Waals surface area contributed by atoms with Crippen molar-refractivity contribution in [2.75, 3.05) is 0 Å². The van der Waals surface area contributed by atoms with Crippen molar-refractivity contribution in [2.24, 2.45) is 20.5 Å². The molecule has 176 valence electrons. The van der Waals surface area contributed by atoms with Crippen LogP contribution in [0.5, 0.6) is 0 Å². The van der Waals surface area contributed by atoms with E-state index in [1.165, 1.54) is 26.7 Å². The lowest BCUT2D eigenvalue weighted by Crippen LogP contribution is -2.36. The summed E-state index contributed by atoms with van der Waals surface area (Å²) >= 11 is 0. The van der Waals surface area contributed by atoms with Gasteiger partial charge in [0.05, 0.1) is 12.1 Å². The Morgan fingerprint density at radius 1 is 0.700 bits per heavy atom. The molecule has 0 heterocycles. The van der Waals surface area contributed by atoms with Crippen LogP contribution < -0.4 is 0 Å². The molecule has 2 N–H and O–H groups in total. The normalized spacial score (nSPS) is 17.6. The zero-order valence-electron chi connectivity index (χ0n) is 20.3. The van der Waals surface area contributed by atoms with Gasteiger partial charge in [-0.15, -0.1) is 0 Å². The maximum Gasteiger partial charge on any atom is 0.333 e. The average molecular weight is 429 g/mol. The first-order chi connectivity index (χ1) is 13.9. The molecule has 0 aromatic heterocycles. The summed E-state index contributed by atoms with van der Waals surface area (Å²) in [5, 5.41) is 34.4. The van der Waals surface area contributed by atoms with Gasteiger partial charge in [-0.25, -0.2) is 9.59 Å². The molecule has 30 heavy (non-hydrogen) atoms. The third-order valence-electron chi connectivity index (χ3n) is 4.76. The summed E-state index contributed by atoms with van der Waals surface area (Å²) in [5.41, 5.74) is -2.70. The van der Waals surface area contributed by atoms with Crippen LogP contribution in [0.4, 0.5) is 0 Å². The highest BCUT2D eigenvalue weighted by atomic mass is 16.4. The highest BCUT2D eigenvalue weighted by Crippen LogP contribution is 2.24. The summed E-state index contributed by atoms with van der Waals surface area (Å²) in [5.74, 6) is -2.17. The SMILES string of the molecule is CCCC(C)(N=NC(C)(CCC)C(=O)O)C(=O)O.CCCC(C)N=NC(C)CCC. The Hall–Kier alpha value is -1.86. The number of rotatable bonds is 14. The van der Waals surface area contributed by atoms with Gasteiger partial charge in [-0.2, -0.15) is 20.5 Å². The molecular formula is C22H44N4O4. The number of carboxylic acids is 2. The number of nitrogens with zero attached hydrogens (tertiary/aromatic N) is 4. The lowest BCUT2D eigenvalue weighted by molar-refractivity contribution is -0.145. The molecule has 8 nitrogen and oxygen atoms in total. The van der Waals surface area contributed by atoms with E-state index < -0.39 is 23.0 Å². The van der Waals surface area contributed by atoms with Crippen LogP contribution in [0.25, 0.3) is 0 Å². The minimum absolute atomic E-state index is 0.327. The number of azo groups is 2. The fourth-order valence-corrected chi connectivity index (χ4v) is 2.77. The molecule has 0 radical (unpaired) electrons. The van der Waals surface area contributed by atoms with E-state index in [0.29, 0.717) is 37.8 Å². The van der Waals surface area contributed by atoms with Crippen LogP contribution in [0.3, 0.4) is 0 Å². The monoisotopic (exact) mass is 428 g/mol. The molecule has 0 bridgehead atoms. The smallest absolute Gasteiger partial charge is 0.333 e. The van der Waals surface area contributed by atoms with Gasteiger partial charge >= 0.3 is 11.9 Å². The van der Waals surface area contributed by atoms with Crippen LogP contribution in [0, 0.1) is 0 Å². The van der Waals surface area contributed by atoms with Gasteiger partial charge in [-0.3, -0.25) is 0 Å². The molecule has 4 unspecified atom stereocenters. The quantitative estimate of drug-likeness (QED) is 0.305. The average Bonchev–Trinajstić information content (AvgIpc) is 2.66. The Labute approximate surface area is 182 Å². The van der Waals surface area contributed by atoms with Crippen LogP contribution in [0.15, 0.2) is 20.5 Å². The van der Waals surface area contributed by atoms with Crippen LogP contribution in [-0.2, 0) is 9.59 Å². The van der Waals surface area contributed by atoms with Gasteiger partial charge in [0.25, 0.3) is 0 Å². The van der Waals surface area contributed by atoms with Crippen molar-refractivity contribution in [1.82, 2.24) is 0 Å². The van der Waals surface area contributed by atoms with E-state index >= 15 is 0 Å².